The van der Waals surface area contributed by atoms with E-state index in [1.165, 1.54) is 12.4 Å². The Morgan fingerprint density at radius 2 is 2.00 bits per heavy atom. The molecule has 0 aliphatic carbocycles. The van der Waals surface area contributed by atoms with E-state index < -0.39 is 5.97 Å². The van der Waals surface area contributed by atoms with Gasteiger partial charge in [-0.2, -0.15) is 0 Å². The molecule has 0 bridgehead atoms. The number of rotatable bonds is 4. The highest BCUT2D eigenvalue weighted by atomic mass is 35.5. The van der Waals surface area contributed by atoms with Gasteiger partial charge in [0, 0.05) is 5.02 Å². The Morgan fingerprint density at radius 3 is 2.61 bits per heavy atom. The molecule has 1 heterocycles. The minimum atomic E-state index is -0.974. The lowest BCUT2D eigenvalue weighted by Crippen LogP contribution is -2.04. The Hall–Kier alpha value is -2.14. The highest BCUT2D eigenvalue weighted by Crippen LogP contribution is 2.22. The minimum absolute atomic E-state index is 0.211. The van der Waals surface area contributed by atoms with E-state index in [1.807, 2.05) is 0 Å². The van der Waals surface area contributed by atoms with Gasteiger partial charge < -0.3 is 9.84 Å². The maximum atomic E-state index is 10.5. The van der Waals surface area contributed by atoms with E-state index in [-0.39, 0.29) is 12.2 Å². The number of ether oxygens (including phenoxy) is 1. The fourth-order valence-electron chi connectivity index (χ4n) is 1.29. The molecule has 18 heavy (non-hydrogen) atoms. The average Bonchev–Trinajstić information content (AvgIpc) is 2.31. The van der Waals surface area contributed by atoms with Crippen LogP contribution in [0.15, 0.2) is 36.7 Å². The van der Waals surface area contributed by atoms with Gasteiger partial charge in [0.2, 0.25) is 0 Å². The van der Waals surface area contributed by atoms with Gasteiger partial charge in [-0.25, -0.2) is 9.97 Å². The number of benzene rings is 1. The molecule has 6 heteroatoms. The molecule has 2 aromatic rings. The Labute approximate surface area is 108 Å². The summed E-state index contributed by atoms with van der Waals surface area (Å²) in [4.78, 5) is 18.2. The van der Waals surface area contributed by atoms with Gasteiger partial charge in [-0.15, -0.1) is 0 Å². The Morgan fingerprint density at radius 1 is 1.28 bits per heavy atom. The molecule has 0 radical (unpaired) electrons. The van der Waals surface area contributed by atoms with E-state index in [0.29, 0.717) is 16.5 Å². The summed E-state index contributed by atoms with van der Waals surface area (Å²) >= 11 is 5.82. The van der Waals surface area contributed by atoms with Crippen LogP contribution in [0.25, 0.3) is 0 Å². The van der Waals surface area contributed by atoms with Gasteiger partial charge in [0.15, 0.2) is 5.75 Å². The van der Waals surface area contributed by atoms with Crippen LogP contribution < -0.4 is 4.74 Å². The molecule has 92 valence electrons. The van der Waals surface area contributed by atoms with Crippen molar-refractivity contribution in [3.8, 4) is 11.5 Å². The topological polar surface area (TPSA) is 72.3 Å². The molecule has 0 amide bonds. The van der Waals surface area contributed by atoms with Gasteiger partial charge in [-0.1, -0.05) is 17.7 Å². The van der Waals surface area contributed by atoms with E-state index in [4.69, 9.17) is 21.4 Å². The van der Waals surface area contributed by atoms with Gasteiger partial charge in [-0.3, -0.25) is 4.79 Å². The van der Waals surface area contributed by atoms with Crippen LogP contribution in [0.3, 0.4) is 0 Å². The lowest BCUT2D eigenvalue weighted by atomic mass is 10.3. The molecule has 1 N–H and O–H groups in total. The number of carboxylic acid groups (broad SMARTS) is 1. The maximum absolute atomic E-state index is 10.5. The van der Waals surface area contributed by atoms with E-state index in [2.05, 4.69) is 9.97 Å². The second-order valence-electron chi connectivity index (χ2n) is 3.46. The number of carbonyl (C=O) groups is 1. The van der Waals surface area contributed by atoms with Crippen molar-refractivity contribution in [1.82, 2.24) is 9.97 Å². The van der Waals surface area contributed by atoms with E-state index in [0.717, 1.165) is 0 Å². The number of hydrogen-bond donors (Lipinski definition) is 1. The minimum Gasteiger partial charge on any atom is -0.481 e. The van der Waals surface area contributed by atoms with E-state index >= 15 is 0 Å². The van der Waals surface area contributed by atoms with Crippen molar-refractivity contribution in [3.05, 3.63) is 47.5 Å². The first-order valence-corrected chi connectivity index (χ1v) is 5.47. The third-order valence-corrected chi connectivity index (χ3v) is 2.26. The fourth-order valence-corrected chi connectivity index (χ4v) is 1.47. The van der Waals surface area contributed by atoms with E-state index in [1.54, 1.807) is 24.3 Å². The third kappa shape index (κ3) is 3.43. The van der Waals surface area contributed by atoms with Crippen LogP contribution >= 0.6 is 11.6 Å². The number of carboxylic acids is 1. The average molecular weight is 265 g/mol. The molecule has 2 rings (SSSR count). The second kappa shape index (κ2) is 5.46. The summed E-state index contributed by atoms with van der Waals surface area (Å²) in [6.07, 6.45) is 2.63. The summed E-state index contributed by atoms with van der Waals surface area (Å²) in [6.45, 7) is 0. The Balaban J connectivity index is 2.08. The van der Waals surface area contributed by atoms with Crippen molar-refractivity contribution >= 4 is 17.6 Å². The third-order valence-electron chi connectivity index (χ3n) is 2.02. The van der Waals surface area contributed by atoms with Gasteiger partial charge >= 0.3 is 5.97 Å². The zero-order valence-corrected chi connectivity index (χ0v) is 9.96. The zero-order valence-electron chi connectivity index (χ0n) is 9.21. The van der Waals surface area contributed by atoms with Crippen molar-refractivity contribution in [3.63, 3.8) is 0 Å². The second-order valence-corrected chi connectivity index (χ2v) is 3.90. The molecule has 0 unspecified atom stereocenters. The molecule has 0 aliphatic rings. The van der Waals surface area contributed by atoms with Crippen molar-refractivity contribution in [2.45, 2.75) is 6.42 Å². The molecule has 0 saturated heterocycles. The largest absolute Gasteiger partial charge is 0.481 e. The smallest absolute Gasteiger partial charge is 0.311 e. The van der Waals surface area contributed by atoms with Gasteiger partial charge in [0.25, 0.3) is 0 Å². The number of aliphatic carboxylic acids is 1. The standard InChI is InChI=1S/C12H9ClN2O3/c13-8-2-1-3-9(4-8)18-10-6-14-11(15-7-10)5-12(16)17/h1-4,6-7H,5H2,(H,16,17). The van der Waals surface area contributed by atoms with Crippen molar-refractivity contribution in [2.75, 3.05) is 0 Å². The van der Waals surface area contributed by atoms with Crippen LogP contribution in [0.4, 0.5) is 0 Å². The number of nitrogens with zero attached hydrogens (tertiary/aromatic N) is 2. The number of halogens is 1. The van der Waals surface area contributed by atoms with Crippen LogP contribution in [-0.2, 0) is 11.2 Å². The van der Waals surface area contributed by atoms with Crippen LogP contribution in [-0.4, -0.2) is 21.0 Å². The molecule has 0 spiro atoms. The predicted octanol–water partition coefficient (Wildman–Crippen LogP) is 2.55. The Bertz CT molecular complexity index is 558. The molecular formula is C12H9ClN2O3. The Kier molecular flexibility index (Phi) is 3.74. The maximum Gasteiger partial charge on any atom is 0.311 e. The summed E-state index contributed by atoms with van der Waals surface area (Å²) in [6, 6.07) is 6.90. The predicted molar refractivity (Wildman–Crippen MR) is 64.9 cm³/mol. The molecule has 1 aromatic heterocycles. The van der Waals surface area contributed by atoms with Crippen molar-refractivity contribution in [1.29, 1.82) is 0 Å². The SMILES string of the molecule is O=C(O)Cc1ncc(Oc2cccc(Cl)c2)cn1. The molecule has 0 fully saturated rings. The van der Waals surface area contributed by atoms with Crippen molar-refractivity contribution < 1.29 is 14.6 Å². The first-order chi connectivity index (χ1) is 8.63. The summed E-state index contributed by atoms with van der Waals surface area (Å²) in [7, 11) is 0. The molecule has 0 saturated carbocycles. The van der Waals surface area contributed by atoms with E-state index in [9.17, 15) is 4.79 Å². The summed E-state index contributed by atoms with van der Waals surface area (Å²) in [5, 5.41) is 9.14. The zero-order chi connectivity index (χ0) is 13.0. The quantitative estimate of drug-likeness (QED) is 0.919. The van der Waals surface area contributed by atoms with Gasteiger partial charge in [0.1, 0.15) is 18.0 Å². The molecule has 1 aromatic carbocycles. The van der Waals surface area contributed by atoms with Gasteiger partial charge in [-0.05, 0) is 18.2 Å². The molecular weight excluding hydrogens is 256 g/mol. The summed E-state index contributed by atoms with van der Waals surface area (Å²) in [5.41, 5.74) is 0. The highest BCUT2D eigenvalue weighted by Gasteiger charge is 2.04. The molecule has 0 atom stereocenters. The lowest BCUT2D eigenvalue weighted by Gasteiger charge is -2.05. The fraction of sp³-hybridized carbons (Fsp3) is 0.0833. The molecule has 5 nitrogen and oxygen atoms in total. The normalized spacial score (nSPS) is 10.1. The monoisotopic (exact) mass is 264 g/mol. The molecule has 0 aliphatic heterocycles. The summed E-state index contributed by atoms with van der Waals surface area (Å²) < 4.78 is 5.46. The number of aromatic nitrogens is 2. The lowest BCUT2D eigenvalue weighted by molar-refractivity contribution is -0.136. The highest BCUT2D eigenvalue weighted by molar-refractivity contribution is 6.30. The summed E-state index contributed by atoms with van der Waals surface area (Å²) in [5.74, 6) is 0.253. The van der Waals surface area contributed by atoms with Crippen LogP contribution in [0.5, 0.6) is 11.5 Å². The number of hydrogen-bond acceptors (Lipinski definition) is 4. The van der Waals surface area contributed by atoms with Crippen molar-refractivity contribution in [2.24, 2.45) is 0 Å². The van der Waals surface area contributed by atoms with Crippen LogP contribution in [0.2, 0.25) is 5.02 Å². The first kappa shape index (κ1) is 12.3. The van der Waals surface area contributed by atoms with Gasteiger partial charge in [0.05, 0.1) is 12.4 Å². The first-order valence-electron chi connectivity index (χ1n) is 5.09. The van der Waals surface area contributed by atoms with Crippen LogP contribution in [0, 0.1) is 0 Å². The van der Waals surface area contributed by atoms with Crippen LogP contribution in [0.1, 0.15) is 5.82 Å².